The van der Waals surface area contributed by atoms with E-state index in [1.807, 2.05) is 20.8 Å². The molecule has 2 aromatic rings. The number of hydrazine groups is 1. The zero-order valence-corrected chi connectivity index (χ0v) is 12.3. The molecule has 0 aliphatic heterocycles. The van der Waals surface area contributed by atoms with Crippen molar-refractivity contribution in [3.8, 4) is 0 Å². The van der Waals surface area contributed by atoms with E-state index in [9.17, 15) is 4.79 Å². The Morgan fingerprint density at radius 2 is 2.14 bits per heavy atom. The predicted octanol–water partition coefficient (Wildman–Crippen LogP) is 0.355. The summed E-state index contributed by atoms with van der Waals surface area (Å²) in [6.45, 7) is 6.27. The van der Waals surface area contributed by atoms with Gasteiger partial charge >= 0.3 is 0 Å². The first-order valence-electron chi connectivity index (χ1n) is 6.61. The van der Waals surface area contributed by atoms with Gasteiger partial charge in [0.15, 0.2) is 5.65 Å². The SMILES string of the molecule is CC(C)(C)NC(=O)CCNc1nc(NN)nc2[nH]ncc12. The van der Waals surface area contributed by atoms with Crippen LogP contribution in [0, 0.1) is 0 Å². The molecule has 9 nitrogen and oxygen atoms in total. The van der Waals surface area contributed by atoms with Crippen molar-refractivity contribution < 1.29 is 4.79 Å². The number of aromatic nitrogens is 4. The summed E-state index contributed by atoms with van der Waals surface area (Å²) >= 11 is 0. The van der Waals surface area contributed by atoms with Gasteiger partial charge in [-0.2, -0.15) is 15.1 Å². The first kappa shape index (κ1) is 15.0. The molecule has 0 spiro atoms. The molecule has 0 unspecified atom stereocenters. The molecule has 2 rings (SSSR count). The van der Waals surface area contributed by atoms with Crippen molar-refractivity contribution in [2.75, 3.05) is 17.3 Å². The summed E-state index contributed by atoms with van der Waals surface area (Å²) in [7, 11) is 0. The van der Waals surface area contributed by atoms with Gasteiger partial charge in [-0.1, -0.05) is 0 Å². The third-order valence-corrected chi connectivity index (χ3v) is 2.60. The van der Waals surface area contributed by atoms with Crippen LogP contribution in [0.15, 0.2) is 6.20 Å². The highest BCUT2D eigenvalue weighted by Gasteiger charge is 2.14. The highest BCUT2D eigenvalue weighted by molar-refractivity contribution is 5.87. The van der Waals surface area contributed by atoms with E-state index in [0.717, 1.165) is 5.39 Å². The number of rotatable bonds is 5. The molecular formula is C12H20N8O. The number of hydrogen-bond acceptors (Lipinski definition) is 7. The van der Waals surface area contributed by atoms with Gasteiger partial charge in [0.25, 0.3) is 0 Å². The molecule has 0 aliphatic rings. The molecule has 6 N–H and O–H groups in total. The van der Waals surface area contributed by atoms with Crippen LogP contribution in [0.25, 0.3) is 11.0 Å². The molecule has 21 heavy (non-hydrogen) atoms. The molecule has 114 valence electrons. The van der Waals surface area contributed by atoms with E-state index in [4.69, 9.17) is 5.84 Å². The number of carbonyl (C=O) groups excluding carboxylic acids is 1. The average Bonchev–Trinajstić information content (AvgIpc) is 2.84. The van der Waals surface area contributed by atoms with Crippen molar-refractivity contribution >= 4 is 28.7 Å². The van der Waals surface area contributed by atoms with E-state index < -0.39 is 0 Å². The number of carbonyl (C=O) groups is 1. The highest BCUT2D eigenvalue weighted by atomic mass is 16.1. The van der Waals surface area contributed by atoms with Gasteiger partial charge in [0, 0.05) is 18.5 Å². The van der Waals surface area contributed by atoms with Gasteiger partial charge in [0.2, 0.25) is 11.9 Å². The van der Waals surface area contributed by atoms with Crippen molar-refractivity contribution in [3.05, 3.63) is 6.20 Å². The Hall–Kier alpha value is -2.42. The topological polar surface area (TPSA) is 134 Å². The van der Waals surface area contributed by atoms with Crippen molar-refractivity contribution in [1.29, 1.82) is 0 Å². The monoisotopic (exact) mass is 292 g/mol. The van der Waals surface area contributed by atoms with Gasteiger partial charge in [-0.3, -0.25) is 15.3 Å². The number of aromatic amines is 1. The number of fused-ring (bicyclic) bond motifs is 1. The second kappa shape index (κ2) is 5.92. The molecule has 0 bridgehead atoms. The van der Waals surface area contributed by atoms with Crippen LogP contribution >= 0.6 is 0 Å². The van der Waals surface area contributed by atoms with Crippen LogP contribution in [0.4, 0.5) is 11.8 Å². The number of nitrogens with one attached hydrogen (secondary N) is 4. The molecule has 0 saturated heterocycles. The molecular weight excluding hydrogens is 272 g/mol. The zero-order chi connectivity index (χ0) is 15.5. The lowest BCUT2D eigenvalue weighted by Crippen LogP contribution is -2.41. The highest BCUT2D eigenvalue weighted by Crippen LogP contribution is 2.19. The molecule has 0 saturated carbocycles. The quantitative estimate of drug-likeness (QED) is 0.396. The maximum absolute atomic E-state index is 11.8. The van der Waals surface area contributed by atoms with E-state index >= 15 is 0 Å². The van der Waals surface area contributed by atoms with Gasteiger partial charge in [-0.25, -0.2) is 5.84 Å². The second-order valence-electron chi connectivity index (χ2n) is 5.65. The van der Waals surface area contributed by atoms with E-state index in [-0.39, 0.29) is 17.4 Å². The number of nitrogens with two attached hydrogens (primary N) is 1. The fourth-order valence-electron chi connectivity index (χ4n) is 1.81. The molecule has 2 heterocycles. The minimum atomic E-state index is -0.236. The van der Waals surface area contributed by atoms with Crippen LogP contribution in [0.3, 0.4) is 0 Å². The molecule has 0 atom stereocenters. The fourth-order valence-corrected chi connectivity index (χ4v) is 1.81. The van der Waals surface area contributed by atoms with Gasteiger partial charge < -0.3 is 10.6 Å². The molecule has 1 amide bonds. The number of H-pyrrole nitrogens is 1. The van der Waals surface area contributed by atoms with Gasteiger partial charge in [0.1, 0.15) is 5.82 Å². The molecule has 9 heteroatoms. The van der Waals surface area contributed by atoms with E-state index in [2.05, 4.69) is 36.2 Å². The second-order valence-corrected chi connectivity index (χ2v) is 5.65. The van der Waals surface area contributed by atoms with Crippen molar-refractivity contribution in [2.45, 2.75) is 32.7 Å². The lowest BCUT2D eigenvalue weighted by atomic mass is 10.1. The minimum absolute atomic E-state index is 0.0235. The van der Waals surface area contributed by atoms with E-state index in [1.54, 1.807) is 6.20 Å². The van der Waals surface area contributed by atoms with E-state index in [0.29, 0.717) is 24.4 Å². The number of nitrogens with zero attached hydrogens (tertiary/aromatic N) is 3. The summed E-state index contributed by atoms with van der Waals surface area (Å²) in [4.78, 5) is 20.1. The lowest BCUT2D eigenvalue weighted by Gasteiger charge is -2.20. The van der Waals surface area contributed by atoms with Gasteiger partial charge in [0.05, 0.1) is 11.6 Å². The summed E-state index contributed by atoms with van der Waals surface area (Å²) in [6, 6.07) is 0. The normalized spacial score (nSPS) is 11.4. The maximum Gasteiger partial charge on any atom is 0.241 e. The maximum atomic E-state index is 11.8. The Balaban J connectivity index is 2.00. The Labute approximate surface area is 122 Å². The number of anilines is 2. The Morgan fingerprint density at radius 3 is 2.81 bits per heavy atom. The number of amides is 1. The average molecular weight is 292 g/mol. The van der Waals surface area contributed by atoms with Gasteiger partial charge in [-0.05, 0) is 20.8 Å². The lowest BCUT2D eigenvalue weighted by molar-refractivity contribution is -0.122. The standard InChI is InChI=1S/C12H20N8O/c1-12(2,3)18-8(21)4-5-14-9-7-6-15-20-10(7)17-11(16-9)19-13/h6H,4-5,13H2,1-3H3,(H,18,21)(H3,14,15,16,17,19,20). The summed E-state index contributed by atoms with van der Waals surface area (Å²) in [5.74, 6) is 6.15. The third kappa shape index (κ3) is 4.02. The fraction of sp³-hybridized carbons (Fsp3) is 0.500. The minimum Gasteiger partial charge on any atom is -0.369 e. The van der Waals surface area contributed by atoms with Crippen LogP contribution < -0.4 is 21.9 Å². The Kier molecular flexibility index (Phi) is 4.22. The third-order valence-electron chi connectivity index (χ3n) is 2.60. The van der Waals surface area contributed by atoms with Gasteiger partial charge in [-0.15, -0.1) is 0 Å². The smallest absolute Gasteiger partial charge is 0.241 e. The Morgan fingerprint density at radius 1 is 1.38 bits per heavy atom. The summed E-state index contributed by atoms with van der Waals surface area (Å²) in [5.41, 5.74) is 2.72. The molecule has 0 aromatic carbocycles. The molecule has 0 fully saturated rings. The van der Waals surface area contributed by atoms with Crippen LogP contribution in [0.5, 0.6) is 0 Å². The van der Waals surface area contributed by atoms with Crippen LogP contribution in [-0.2, 0) is 4.79 Å². The largest absolute Gasteiger partial charge is 0.369 e. The summed E-state index contributed by atoms with van der Waals surface area (Å²) in [5, 5.41) is 13.4. The number of hydrogen-bond donors (Lipinski definition) is 5. The molecule has 0 radical (unpaired) electrons. The van der Waals surface area contributed by atoms with Crippen LogP contribution in [0.1, 0.15) is 27.2 Å². The van der Waals surface area contributed by atoms with Crippen molar-refractivity contribution in [1.82, 2.24) is 25.5 Å². The summed E-state index contributed by atoms with van der Waals surface area (Å²) < 4.78 is 0. The molecule has 0 aliphatic carbocycles. The molecule has 2 aromatic heterocycles. The van der Waals surface area contributed by atoms with Crippen LogP contribution in [-0.4, -0.2) is 38.2 Å². The van der Waals surface area contributed by atoms with E-state index in [1.165, 1.54) is 0 Å². The van der Waals surface area contributed by atoms with Crippen molar-refractivity contribution in [2.24, 2.45) is 5.84 Å². The van der Waals surface area contributed by atoms with Crippen LogP contribution in [0.2, 0.25) is 0 Å². The zero-order valence-electron chi connectivity index (χ0n) is 12.3. The predicted molar refractivity (Wildman–Crippen MR) is 80.5 cm³/mol. The first-order chi connectivity index (χ1) is 9.89. The summed E-state index contributed by atoms with van der Waals surface area (Å²) in [6.07, 6.45) is 1.96. The number of nitrogen functional groups attached to an aromatic ring is 1. The Bertz CT molecular complexity index is 630. The van der Waals surface area contributed by atoms with Crippen molar-refractivity contribution in [3.63, 3.8) is 0 Å². The first-order valence-corrected chi connectivity index (χ1v) is 6.61.